The van der Waals surface area contributed by atoms with Crippen LogP contribution in [0.2, 0.25) is 0 Å². The van der Waals surface area contributed by atoms with E-state index in [1.165, 1.54) is 0 Å². The molecule has 0 saturated carbocycles. The summed E-state index contributed by atoms with van der Waals surface area (Å²) >= 11 is 0. The molecule has 4 aromatic carbocycles. The Hall–Kier alpha value is -5.97. The molecule has 4 N–H and O–H groups in total. The SMILES string of the molecule is CCC(=O)N1c2ccccc2[C@H](Nc2ccc(C(=O)NCC(=O)CNC(=O)c3ccc(N[C@@H]4C[C@H](C)N(C(=O)CC)c5ccccc54)cc3)cc2)C[C@@H]1C. The number of hydrogen-bond donors (Lipinski definition) is 4. The van der Waals surface area contributed by atoms with Gasteiger partial charge in [-0.2, -0.15) is 0 Å². The van der Waals surface area contributed by atoms with Crippen LogP contribution in [-0.2, 0) is 14.4 Å². The average molecular weight is 729 g/mol. The molecule has 4 amide bonds. The Morgan fingerprint density at radius 3 is 1.30 bits per heavy atom. The molecule has 280 valence electrons. The third kappa shape index (κ3) is 8.30. The van der Waals surface area contributed by atoms with Gasteiger partial charge in [-0.25, -0.2) is 0 Å². The number of hydrogen-bond acceptors (Lipinski definition) is 7. The minimum Gasteiger partial charge on any atom is -0.378 e. The summed E-state index contributed by atoms with van der Waals surface area (Å²) < 4.78 is 0. The Kier molecular flexibility index (Phi) is 11.7. The lowest BCUT2D eigenvalue weighted by Gasteiger charge is -2.40. The van der Waals surface area contributed by atoms with Crippen molar-refractivity contribution in [1.82, 2.24) is 10.6 Å². The van der Waals surface area contributed by atoms with Gasteiger partial charge in [-0.15, -0.1) is 0 Å². The minimum atomic E-state index is -0.394. The molecule has 0 aliphatic carbocycles. The van der Waals surface area contributed by atoms with Crippen molar-refractivity contribution < 1.29 is 24.0 Å². The normalized spacial score (nSPS) is 18.8. The predicted molar refractivity (Wildman–Crippen MR) is 212 cm³/mol. The van der Waals surface area contributed by atoms with Crippen molar-refractivity contribution in [3.05, 3.63) is 119 Å². The van der Waals surface area contributed by atoms with Crippen LogP contribution in [0.3, 0.4) is 0 Å². The number of nitrogens with one attached hydrogen (secondary N) is 4. The van der Waals surface area contributed by atoms with E-state index in [0.29, 0.717) is 24.0 Å². The second kappa shape index (κ2) is 16.8. The fourth-order valence-corrected chi connectivity index (χ4v) is 7.46. The molecule has 2 aliphatic heterocycles. The summed E-state index contributed by atoms with van der Waals surface area (Å²) in [5.74, 6) is -0.931. The highest BCUT2D eigenvalue weighted by Crippen LogP contribution is 2.40. The summed E-state index contributed by atoms with van der Waals surface area (Å²) in [5.41, 5.74) is 6.41. The lowest BCUT2D eigenvalue weighted by atomic mass is 9.91. The monoisotopic (exact) mass is 728 g/mol. The summed E-state index contributed by atoms with van der Waals surface area (Å²) in [7, 11) is 0. The van der Waals surface area contributed by atoms with Crippen LogP contribution in [0.5, 0.6) is 0 Å². The maximum atomic E-state index is 12.8. The van der Waals surface area contributed by atoms with Gasteiger partial charge in [-0.05, 0) is 98.5 Å². The first-order chi connectivity index (χ1) is 26.1. The molecule has 11 nitrogen and oxygen atoms in total. The number of carbonyl (C=O) groups excluding carboxylic acids is 5. The number of amides is 4. The standard InChI is InChI=1S/C43H48N6O5/c1-5-40(51)48-27(3)23-36(34-11-7-9-13-38(34)48)46-31-19-15-29(16-20-31)42(53)44-25-33(50)26-45-43(54)30-17-21-32(22-18-30)47-37-24-28(4)49(41(52)6-2)39-14-10-8-12-35(37)39/h7-22,27-28,36-37,46-47H,5-6,23-26H2,1-4H3,(H,44,53)(H,45,54)/t27-,28-,36+,37+/m0/s1. The zero-order valence-electron chi connectivity index (χ0n) is 31.2. The van der Waals surface area contributed by atoms with Gasteiger partial charge in [0.1, 0.15) is 0 Å². The molecule has 0 fully saturated rings. The molecular weight excluding hydrogens is 681 g/mol. The summed E-state index contributed by atoms with van der Waals surface area (Å²) in [5, 5.41) is 12.4. The number of benzene rings is 4. The maximum absolute atomic E-state index is 12.8. The van der Waals surface area contributed by atoms with E-state index in [1.54, 1.807) is 24.3 Å². The molecule has 54 heavy (non-hydrogen) atoms. The molecule has 0 bridgehead atoms. The summed E-state index contributed by atoms with van der Waals surface area (Å²) in [4.78, 5) is 67.4. The van der Waals surface area contributed by atoms with Crippen molar-refractivity contribution in [3.63, 3.8) is 0 Å². The largest absolute Gasteiger partial charge is 0.378 e. The molecule has 4 aromatic rings. The van der Waals surface area contributed by atoms with Gasteiger partial charge in [0, 0.05) is 58.8 Å². The van der Waals surface area contributed by atoms with E-state index in [2.05, 4.69) is 35.1 Å². The molecular formula is C43H48N6O5. The molecule has 0 radical (unpaired) electrons. The van der Waals surface area contributed by atoms with Gasteiger partial charge >= 0.3 is 0 Å². The average Bonchev–Trinajstić information content (AvgIpc) is 3.19. The molecule has 2 heterocycles. The Morgan fingerprint density at radius 2 is 0.926 bits per heavy atom. The number of fused-ring (bicyclic) bond motifs is 2. The van der Waals surface area contributed by atoms with E-state index in [1.807, 2.05) is 96.4 Å². The first kappa shape index (κ1) is 37.8. The van der Waals surface area contributed by atoms with Crippen LogP contribution in [0.15, 0.2) is 97.1 Å². The van der Waals surface area contributed by atoms with Gasteiger partial charge in [0.2, 0.25) is 11.8 Å². The number of anilines is 4. The first-order valence-electron chi connectivity index (χ1n) is 18.7. The Balaban J connectivity index is 0.966. The molecule has 6 rings (SSSR count). The summed E-state index contributed by atoms with van der Waals surface area (Å²) in [6.45, 7) is 7.40. The minimum absolute atomic E-state index is 0.00558. The molecule has 0 aromatic heterocycles. The number of carbonyl (C=O) groups is 5. The summed E-state index contributed by atoms with van der Waals surface area (Å²) in [6, 6.07) is 30.0. The number of ketones is 1. The Labute approximate surface area is 316 Å². The maximum Gasteiger partial charge on any atom is 0.251 e. The van der Waals surface area contributed by atoms with Gasteiger partial charge in [-0.1, -0.05) is 50.2 Å². The van der Waals surface area contributed by atoms with Crippen molar-refractivity contribution in [2.75, 3.05) is 33.5 Å². The van der Waals surface area contributed by atoms with Crippen LogP contribution in [0.4, 0.5) is 22.7 Å². The van der Waals surface area contributed by atoms with Crippen molar-refractivity contribution in [3.8, 4) is 0 Å². The van der Waals surface area contributed by atoms with Crippen LogP contribution in [0.1, 0.15) is 97.3 Å². The zero-order valence-corrected chi connectivity index (χ0v) is 31.2. The number of para-hydroxylation sites is 2. The Morgan fingerprint density at radius 1 is 0.556 bits per heavy atom. The highest BCUT2D eigenvalue weighted by Gasteiger charge is 2.34. The second-order valence-corrected chi connectivity index (χ2v) is 14.0. The topological polar surface area (TPSA) is 140 Å². The van der Waals surface area contributed by atoms with Crippen molar-refractivity contribution in [1.29, 1.82) is 0 Å². The van der Waals surface area contributed by atoms with Gasteiger partial charge in [0.15, 0.2) is 5.78 Å². The Bertz CT molecular complexity index is 1870. The van der Waals surface area contributed by atoms with Gasteiger partial charge in [0.05, 0.1) is 25.2 Å². The zero-order chi connectivity index (χ0) is 38.4. The van der Waals surface area contributed by atoms with Crippen LogP contribution in [-0.4, -0.2) is 54.6 Å². The van der Waals surface area contributed by atoms with E-state index in [-0.39, 0.29) is 54.9 Å². The van der Waals surface area contributed by atoms with Crippen LogP contribution in [0, 0.1) is 0 Å². The van der Waals surface area contributed by atoms with Crippen LogP contribution >= 0.6 is 0 Å². The molecule has 2 aliphatic rings. The second-order valence-electron chi connectivity index (χ2n) is 14.0. The van der Waals surface area contributed by atoms with Crippen molar-refractivity contribution in [2.45, 2.75) is 77.5 Å². The molecule has 11 heteroatoms. The predicted octanol–water partition coefficient (Wildman–Crippen LogP) is 6.79. The lowest BCUT2D eigenvalue weighted by molar-refractivity contribution is -0.119. The molecule has 4 atom stereocenters. The van der Waals surface area contributed by atoms with Crippen molar-refractivity contribution >= 4 is 52.2 Å². The van der Waals surface area contributed by atoms with E-state index in [0.717, 1.165) is 46.7 Å². The van der Waals surface area contributed by atoms with Gasteiger partial charge in [0.25, 0.3) is 11.8 Å². The third-order valence-corrected chi connectivity index (χ3v) is 10.2. The smallest absolute Gasteiger partial charge is 0.251 e. The number of rotatable bonds is 12. The first-order valence-corrected chi connectivity index (χ1v) is 18.7. The van der Waals surface area contributed by atoms with Gasteiger partial charge < -0.3 is 31.1 Å². The lowest BCUT2D eigenvalue weighted by Crippen LogP contribution is -2.44. The fourth-order valence-electron chi connectivity index (χ4n) is 7.46. The van der Waals surface area contributed by atoms with E-state index < -0.39 is 11.8 Å². The van der Waals surface area contributed by atoms with Crippen LogP contribution < -0.4 is 31.1 Å². The van der Waals surface area contributed by atoms with E-state index in [9.17, 15) is 24.0 Å². The fraction of sp³-hybridized carbons (Fsp3) is 0.326. The quantitative estimate of drug-likeness (QED) is 0.126. The van der Waals surface area contributed by atoms with Crippen LogP contribution in [0.25, 0.3) is 0 Å². The van der Waals surface area contributed by atoms with E-state index >= 15 is 0 Å². The third-order valence-electron chi connectivity index (χ3n) is 10.2. The highest BCUT2D eigenvalue weighted by molar-refractivity contribution is 6.00. The number of Topliss-reactive ketones (excluding diaryl/α,β-unsaturated/α-hetero) is 1. The number of nitrogens with zero attached hydrogens (tertiary/aromatic N) is 2. The summed E-state index contributed by atoms with van der Waals surface area (Å²) in [6.07, 6.45) is 2.36. The molecule has 0 spiro atoms. The molecule has 0 unspecified atom stereocenters. The van der Waals surface area contributed by atoms with Gasteiger partial charge in [-0.3, -0.25) is 24.0 Å². The molecule has 0 saturated heterocycles. The van der Waals surface area contributed by atoms with Crippen molar-refractivity contribution in [2.24, 2.45) is 0 Å². The van der Waals surface area contributed by atoms with E-state index in [4.69, 9.17) is 0 Å². The highest BCUT2D eigenvalue weighted by atomic mass is 16.2.